The fourth-order valence-corrected chi connectivity index (χ4v) is 9.51. The Morgan fingerprint density at radius 1 is 0.361 bits per heavy atom. The van der Waals surface area contributed by atoms with Gasteiger partial charge in [-0.1, -0.05) is 200 Å². The van der Waals surface area contributed by atoms with E-state index < -0.39 is 194 Å². The van der Waals surface area contributed by atoms with Crippen LogP contribution in [0.1, 0.15) is 31.5 Å². The monoisotopic (exact) mass is 815 g/mol. The number of hydrogen-bond donors (Lipinski definition) is 0. The third kappa shape index (κ3) is 5.78. The largest absolute Gasteiger partial charge is 0.254 e. The standard InChI is InChI=1S/C58H36N2S/c1-4-17-37(18-5-1)51-45-26-12-14-28-47(45)54(48-29-15-13-27-46(48)51)58-53(39-21-8-3-9-22-39)52(38-19-6-2-7-20-38)57(61-58)49-34-33-44(42-24-10-11-25-43(42)49)50-35-32-41-31-30-40-23-16-36-59-55(40)56(41)60-50/h1-36H/i1D,2D,3D,4D,5D,6D,7D,8D,9D,12D,13D,14D,15D,17D,18D,19D,20D,21D,22D,26D,27D,28D,29D. The normalized spacial score (nSPS) is 16.9. The number of hydrogen-bond acceptors (Lipinski definition) is 3. The minimum Gasteiger partial charge on any atom is -0.254 e. The number of aromatic nitrogens is 2. The smallest absolute Gasteiger partial charge is 0.0972 e. The summed E-state index contributed by atoms with van der Waals surface area (Å²) in [4.78, 5) is 9.36. The highest BCUT2D eigenvalue weighted by Gasteiger charge is 2.27. The second-order valence-corrected chi connectivity index (χ2v) is 14.9. The van der Waals surface area contributed by atoms with E-state index in [2.05, 4.69) is 4.98 Å². The lowest BCUT2D eigenvalue weighted by atomic mass is 9.85. The quantitative estimate of drug-likeness (QED) is 0.123. The first-order chi connectivity index (χ1) is 39.8. The molecule has 3 aromatic heterocycles. The maximum atomic E-state index is 9.82. The van der Waals surface area contributed by atoms with Gasteiger partial charge in [0, 0.05) is 54.5 Å². The van der Waals surface area contributed by atoms with Crippen LogP contribution in [0.25, 0.3) is 120 Å². The van der Waals surface area contributed by atoms with Crippen LogP contribution >= 0.6 is 11.3 Å². The molecule has 0 saturated carbocycles. The number of rotatable bonds is 6. The zero-order valence-electron chi connectivity index (χ0n) is 54.3. The molecule has 0 saturated heterocycles. The third-order valence-electron chi connectivity index (χ3n) is 10.6. The second-order valence-electron chi connectivity index (χ2n) is 13.9. The Morgan fingerprint density at radius 2 is 0.836 bits per heavy atom. The van der Waals surface area contributed by atoms with Gasteiger partial charge in [-0.15, -0.1) is 11.3 Å². The predicted molar refractivity (Wildman–Crippen MR) is 260 cm³/mol. The molecule has 12 rings (SSSR count). The van der Waals surface area contributed by atoms with Crippen molar-refractivity contribution < 1.29 is 31.5 Å². The fraction of sp³-hybridized carbons (Fsp3) is 0. The zero-order valence-corrected chi connectivity index (χ0v) is 32.1. The SMILES string of the molecule is [2H]c1c([2H])c([2H])c(-c2c(-c3ccc(-c4ccc5ccc6cccnc6c5n4)c4ccccc34)sc(-c3c4c([2H])c([2H])c([2H])c([2H])c4c(-c4c([2H])c([2H])c([2H])c([2H])c4[2H])c4c([2H])c([2H])c([2H])c([2H])c34)c2-c2c([2H])c([2H])c([2H])c([2H])c2[2H])c([2H])c1[2H]. The van der Waals surface area contributed by atoms with Gasteiger partial charge in [0.05, 0.1) is 48.3 Å². The van der Waals surface area contributed by atoms with Crippen LogP contribution in [-0.2, 0) is 0 Å². The van der Waals surface area contributed by atoms with Gasteiger partial charge in [-0.25, -0.2) is 4.98 Å². The average Bonchev–Trinajstić information content (AvgIpc) is 1.21. The molecule has 3 heterocycles. The van der Waals surface area contributed by atoms with Crippen LogP contribution in [0.15, 0.2) is 218 Å². The Balaban J connectivity index is 1.37. The van der Waals surface area contributed by atoms with E-state index in [0.29, 0.717) is 44.4 Å². The molecule has 0 aliphatic rings. The van der Waals surface area contributed by atoms with Gasteiger partial charge in [0.25, 0.3) is 0 Å². The average molecular weight is 816 g/mol. The Hall–Kier alpha value is -7.72. The van der Waals surface area contributed by atoms with Crippen LogP contribution in [0.2, 0.25) is 0 Å². The molecule has 0 bridgehead atoms. The van der Waals surface area contributed by atoms with Crippen molar-refractivity contribution in [3.63, 3.8) is 0 Å². The van der Waals surface area contributed by atoms with E-state index in [4.69, 9.17) is 20.1 Å². The van der Waals surface area contributed by atoms with Crippen LogP contribution < -0.4 is 0 Å². The molecule has 0 spiro atoms. The van der Waals surface area contributed by atoms with Crippen LogP contribution in [0.4, 0.5) is 0 Å². The molecule has 0 amide bonds. The van der Waals surface area contributed by atoms with Gasteiger partial charge in [-0.2, -0.15) is 0 Å². The fourth-order valence-electron chi connectivity index (χ4n) is 8.10. The third-order valence-corrected chi connectivity index (χ3v) is 11.9. The lowest BCUT2D eigenvalue weighted by Crippen LogP contribution is -1.91. The molecule has 0 radical (unpaired) electrons. The molecule has 12 aromatic rings. The van der Waals surface area contributed by atoms with Crippen molar-refractivity contribution in [2.45, 2.75) is 0 Å². The Labute approximate surface area is 390 Å². The summed E-state index contributed by atoms with van der Waals surface area (Å²) >= 11 is 0.702. The molecule has 0 N–H and O–H groups in total. The number of pyridine rings is 2. The highest BCUT2D eigenvalue weighted by molar-refractivity contribution is 7.20. The Bertz CT molecular complexity index is 4850. The van der Waals surface area contributed by atoms with Crippen molar-refractivity contribution in [3.05, 3.63) is 218 Å². The van der Waals surface area contributed by atoms with Crippen LogP contribution in [-0.4, -0.2) is 9.97 Å². The summed E-state index contributed by atoms with van der Waals surface area (Å²) in [6.07, 6.45) is 1.66. The molecular formula is C58H36N2S. The van der Waals surface area contributed by atoms with Gasteiger partial charge >= 0.3 is 0 Å². The Kier molecular flexibility index (Phi) is 4.55. The minimum atomic E-state index is -0.916. The summed E-state index contributed by atoms with van der Waals surface area (Å²) in [6.45, 7) is 0. The van der Waals surface area contributed by atoms with E-state index in [1.54, 1.807) is 42.6 Å². The van der Waals surface area contributed by atoms with E-state index in [1.165, 1.54) is 0 Å². The molecule has 0 aliphatic heterocycles. The van der Waals surface area contributed by atoms with Gasteiger partial charge in [-0.3, -0.25) is 4.98 Å². The maximum absolute atomic E-state index is 9.82. The van der Waals surface area contributed by atoms with E-state index >= 15 is 0 Å². The van der Waals surface area contributed by atoms with E-state index in [9.17, 15) is 16.4 Å². The number of nitrogens with zero attached hydrogens (tertiary/aromatic N) is 2. The van der Waals surface area contributed by atoms with Crippen LogP contribution in [0.5, 0.6) is 0 Å². The summed E-state index contributed by atoms with van der Waals surface area (Å²) in [5.41, 5.74) is -1.28. The van der Waals surface area contributed by atoms with E-state index in [-0.39, 0.29) is 20.9 Å². The highest BCUT2D eigenvalue weighted by atomic mass is 32.1. The summed E-state index contributed by atoms with van der Waals surface area (Å²) in [5.74, 6) is 0. The first-order valence-electron chi connectivity index (χ1n) is 30.4. The molecular weight excluding hydrogens is 757 g/mol. The Morgan fingerprint density at radius 3 is 1.44 bits per heavy atom. The molecule has 0 atom stereocenters. The topological polar surface area (TPSA) is 25.8 Å². The van der Waals surface area contributed by atoms with Crippen LogP contribution in [0.3, 0.4) is 0 Å². The van der Waals surface area contributed by atoms with Crippen molar-refractivity contribution >= 4 is 65.5 Å². The summed E-state index contributed by atoms with van der Waals surface area (Å²) < 4.78 is 212. The molecule has 284 valence electrons. The summed E-state index contributed by atoms with van der Waals surface area (Å²) in [6, 6.07) is 1.39. The van der Waals surface area contributed by atoms with Gasteiger partial charge in [0.1, 0.15) is 0 Å². The molecule has 0 aliphatic carbocycles. The van der Waals surface area contributed by atoms with Crippen LogP contribution in [0, 0.1) is 0 Å². The predicted octanol–water partition coefficient (Wildman–Crippen LogP) is 16.3. The second kappa shape index (κ2) is 14.5. The van der Waals surface area contributed by atoms with Crippen molar-refractivity contribution in [2.75, 3.05) is 0 Å². The van der Waals surface area contributed by atoms with Crippen molar-refractivity contribution in [1.82, 2.24) is 9.97 Å². The molecule has 0 unspecified atom stereocenters. The van der Waals surface area contributed by atoms with Crippen molar-refractivity contribution in [3.8, 4) is 65.5 Å². The lowest BCUT2D eigenvalue weighted by Gasteiger charge is -2.18. The van der Waals surface area contributed by atoms with Gasteiger partial charge in [0.15, 0.2) is 0 Å². The minimum absolute atomic E-state index is 0.0209. The van der Waals surface area contributed by atoms with Gasteiger partial charge < -0.3 is 0 Å². The molecule has 0 fully saturated rings. The van der Waals surface area contributed by atoms with Gasteiger partial charge in [-0.05, 0) is 66.7 Å². The van der Waals surface area contributed by atoms with E-state index in [1.807, 2.05) is 36.4 Å². The first kappa shape index (κ1) is 19.1. The van der Waals surface area contributed by atoms with Crippen molar-refractivity contribution in [1.29, 1.82) is 0 Å². The molecule has 9 aromatic carbocycles. The highest BCUT2D eigenvalue weighted by Crippen LogP contribution is 2.56. The maximum Gasteiger partial charge on any atom is 0.0972 e. The molecule has 61 heavy (non-hydrogen) atoms. The number of fused-ring (bicyclic) bond motifs is 6. The summed E-state index contributed by atoms with van der Waals surface area (Å²) in [7, 11) is 0. The van der Waals surface area contributed by atoms with E-state index in [0.717, 1.165) is 10.8 Å². The first-order valence-corrected chi connectivity index (χ1v) is 19.7. The molecule has 3 heteroatoms. The number of benzene rings is 9. The van der Waals surface area contributed by atoms with Crippen molar-refractivity contribution in [2.24, 2.45) is 0 Å². The van der Waals surface area contributed by atoms with Gasteiger partial charge in [0.2, 0.25) is 0 Å². The summed E-state index contributed by atoms with van der Waals surface area (Å²) in [5, 5.41) is 0.224. The lowest BCUT2D eigenvalue weighted by molar-refractivity contribution is 1.37. The zero-order chi connectivity index (χ0) is 60.3. The molecule has 2 nitrogen and oxygen atoms in total. The number of thiophene rings is 1.